The summed E-state index contributed by atoms with van der Waals surface area (Å²) >= 11 is 0. The van der Waals surface area contributed by atoms with Crippen molar-refractivity contribution in [2.75, 3.05) is 13.2 Å². The highest BCUT2D eigenvalue weighted by Crippen LogP contribution is 2.28. The number of aliphatic hydroxyl groups is 1. The van der Waals surface area contributed by atoms with Crippen LogP contribution in [0.4, 0.5) is 0 Å². The van der Waals surface area contributed by atoms with Crippen LogP contribution in [0.3, 0.4) is 0 Å². The Balaban J connectivity index is 2.60. The second kappa shape index (κ2) is 7.99. The van der Waals surface area contributed by atoms with Gasteiger partial charge in [-0.3, -0.25) is 0 Å². The van der Waals surface area contributed by atoms with E-state index >= 15 is 0 Å². The van der Waals surface area contributed by atoms with Gasteiger partial charge in [-0.25, -0.2) is 0 Å². The number of phenolic OH excluding ortho intramolecular Hbond substituents is 2. The minimum atomic E-state index is -0.151. The zero-order chi connectivity index (χ0) is 14.3. The lowest BCUT2D eigenvalue weighted by Crippen LogP contribution is -2.34. The van der Waals surface area contributed by atoms with E-state index in [2.05, 4.69) is 5.32 Å². The van der Waals surface area contributed by atoms with Crippen LogP contribution in [0.5, 0.6) is 11.5 Å². The number of aliphatic hydroxyl groups excluding tert-OH is 1. The first-order chi connectivity index (χ1) is 9.08. The van der Waals surface area contributed by atoms with Gasteiger partial charge in [-0.05, 0) is 44.5 Å². The number of nitrogens with two attached hydrogens (primary N) is 1. The minimum absolute atomic E-state index is 0.0362. The number of unbranched alkanes of at least 4 members (excludes halogenated alkanes) is 1. The van der Waals surface area contributed by atoms with E-state index in [9.17, 15) is 15.3 Å². The van der Waals surface area contributed by atoms with Crippen molar-refractivity contribution in [3.63, 3.8) is 0 Å². The molecular weight excluding hydrogens is 244 g/mol. The van der Waals surface area contributed by atoms with E-state index < -0.39 is 0 Å². The Labute approximate surface area is 114 Å². The zero-order valence-electron chi connectivity index (χ0n) is 11.3. The molecule has 2 atom stereocenters. The predicted octanol–water partition coefficient (Wildman–Crippen LogP) is 1.24. The van der Waals surface area contributed by atoms with E-state index in [1.807, 2.05) is 6.92 Å². The Morgan fingerprint density at radius 2 is 2.00 bits per heavy atom. The number of hydrogen-bond donors (Lipinski definition) is 5. The molecule has 0 heterocycles. The van der Waals surface area contributed by atoms with Gasteiger partial charge in [0, 0.05) is 17.6 Å². The molecule has 0 aliphatic heterocycles. The quantitative estimate of drug-likeness (QED) is 0.361. The van der Waals surface area contributed by atoms with Crippen molar-refractivity contribution >= 4 is 0 Å². The van der Waals surface area contributed by atoms with Crippen LogP contribution < -0.4 is 11.1 Å². The van der Waals surface area contributed by atoms with Crippen molar-refractivity contribution < 1.29 is 15.3 Å². The van der Waals surface area contributed by atoms with E-state index in [-0.39, 0.29) is 30.2 Å². The van der Waals surface area contributed by atoms with Gasteiger partial charge in [-0.15, -0.1) is 0 Å². The number of nitrogens with one attached hydrogen (secondary N) is 1. The van der Waals surface area contributed by atoms with Gasteiger partial charge in [0.15, 0.2) is 0 Å². The maximum absolute atomic E-state index is 9.77. The molecular formula is C14H24N2O3. The third-order valence-electron chi connectivity index (χ3n) is 3.19. The number of benzene rings is 1. The highest BCUT2D eigenvalue weighted by atomic mass is 16.3. The first-order valence-electron chi connectivity index (χ1n) is 6.67. The Morgan fingerprint density at radius 3 is 2.63 bits per heavy atom. The second-order valence-corrected chi connectivity index (χ2v) is 4.80. The van der Waals surface area contributed by atoms with E-state index in [0.717, 1.165) is 19.3 Å². The predicted molar refractivity (Wildman–Crippen MR) is 75.1 cm³/mol. The van der Waals surface area contributed by atoms with Crippen LogP contribution in [0.2, 0.25) is 0 Å². The van der Waals surface area contributed by atoms with Crippen LogP contribution in [-0.4, -0.2) is 34.5 Å². The number of phenols is 2. The van der Waals surface area contributed by atoms with Gasteiger partial charge in [-0.2, -0.15) is 0 Å². The summed E-state index contributed by atoms with van der Waals surface area (Å²) in [6, 6.07) is 4.24. The van der Waals surface area contributed by atoms with Gasteiger partial charge in [0.05, 0.1) is 6.61 Å². The number of aromatic hydroxyl groups is 2. The summed E-state index contributed by atoms with van der Waals surface area (Å²) in [6.45, 7) is 2.58. The van der Waals surface area contributed by atoms with Crippen molar-refractivity contribution in [3.05, 3.63) is 23.8 Å². The largest absolute Gasteiger partial charge is 0.508 e. The van der Waals surface area contributed by atoms with Crippen LogP contribution in [0.15, 0.2) is 18.2 Å². The molecule has 0 aliphatic rings. The smallest absolute Gasteiger partial charge is 0.120 e. The van der Waals surface area contributed by atoms with Gasteiger partial charge in [0.25, 0.3) is 0 Å². The normalized spacial score (nSPS) is 14.3. The van der Waals surface area contributed by atoms with Gasteiger partial charge < -0.3 is 26.4 Å². The SMILES string of the molecule is CC(NC(CO)CCCCN)c1cc(O)ccc1O. The summed E-state index contributed by atoms with van der Waals surface area (Å²) in [4.78, 5) is 0. The van der Waals surface area contributed by atoms with Crippen LogP contribution >= 0.6 is 0 Å². The van der Waals surface area contributed by atoms with E-state index in [1.54, 1.807) is 0 Å². The monoisotopic (exact) mass is 268 g/mol. The molecule has 6 N–H and O–H groups in total. The molecule has 0 aromatic heterocycles. The molecule has 0 fully saturated rings. The Kier molecular flexibility index (Phi) is 6.62. The number of rotatable bonds is 8. The highest BCUT2D eigenvalue weighted by Gasteiger charge is 2.15. The van der Waals surface area contributed by atoms with Gasteiger partial charge in [0.1, 0.15) is 11.5 Å². The second-order valence-electron chi connectivity index (χ2n) is 4.80. The maximum Gasteiger partial charge on any atom is 0.120 e. The van der Waals surface area contributed by atoms with Crippen molar-refractivity contribution in [2.45, 2.75) is 38.3 Å². The summed E-state index contributed by atoms with van der Waals surface area (Å²) in [7, 11) is 0. The fourth-order valence-electron chi connectivity index (χ4n) is 2.09. The maximum atomic E-state index is 9.77. The van der Waals surface area contributed by atoms with Crippen molar-refractivity contribution in [1.29, 1.82) is 0 Å². The molecule has 1 aromatic rings. The Hall–Kier alpha value is -1.30. The summed E-state index contributed by atoms with van der Waals surface area (Å²) in [5.74, 6) is 0.251. The van der Waals surface area contributed by atoms with E-state index in [1.165, 1.54) is 18.2 Å². The molecule has 0 spiro atoms. The van der Waals surface area contributed by atoms with Crippen molar-refractivity contribution in [2.24, 2.45) is 5.73 Å². The molecule has 5 nitrogen and oxygen atoms in total. The van der Waals surface area contributed by atoms with Crippen molar-refractivity contribution in [1.82, 2.24) is 5.32 Å². The van der Waals surface area contributed by atoms with Crippen LogP contribution in [0.25, 0.3) is 0 Å². The fraction of sp³-hybridized carbons (Fsp3) is 0.571. The zero-order valence-corrected chi connectivity index (χ0v) is 11.3. The molecule has 0 saturated carbocycles. The Bertz CT molecular complexity index is 385. The lowest BCUT2D eigenvalue weighted by atomic mass is 10.0. The fourth-order valence-corrected chi connectivity index (χ4v) is 2.09. The molecule has 0 bridgehead atoms. The first-order valence-corrected chi connectivity index (χ1v) is 6.67. The lowest BCUT2D eigenvalue weighted by Gasteiger charge is -2.22. The minimum Gasteiger partial charge on any atom is -0.508 e. The lowest BCUT2D eigenvalue weighted by molar-refractivity contribution is 0.223. The average Bonchev–Trinajstić information content (AvgIpc) is 2.40. The van der Waals surface area contributed by atoms with E-state index in [0.29, 0.717) is 12.1 Å². The summed E-state index contributed by atoms with van der Waals surface area (Å²) < 4.78 is 0. The Morgan fingerprint density at radius 1 is 1.26 bits per heavy atom. The third kappa shape index (κ3) is 5.06. The van der Waals surface area contributed by atoms with E-state index in [4.69, 9.17) is 5.73 Å². The molecule has 0 radical (unpaired) electrons. The first kappa shape index (κ1) is 15.8. The molecule has 19 heavy (non-hydrogen) atoms. The highest BCUT2D eigenvalue weighted by molar-refractivity contribution is 5.40. The molecule has 2 unspecified atom stereocenters. The molecule has 0 amide bonds. The molecule has 1 rings (SSSR count). The average molecular weight is 268 g/mol. The molecule has 1 aromatic carbocycles. The van der Waals surface area contributed by atoms with Gasteiger partial charge in [0.2, 0.25) is 0 Å². The standard InChI is InChI=1S/C14H24N2O3/c1-10(13-8-12(18)5-6-14(13)19)16-11(9-17)4-2-3-7-15/h5-6,8,10-11,16-19H,2-4,7,9,15H2,1H3. The topological polar surface area (TPSA) is 98.7 Å². The van der Waals surface area contributed by atoms with Crippen LogP contribution in [-0.2, 0) is 0 Å². The molecule has 0 saturated heterocycles. The third-order valence-corrected chi connectivity index (χ3v) is 3.19. The van der Waals surface area contributed by atoms with Crippen LogP contribution in [0.1, 0.15) is 37.8 Å². The number of hydrogen-bond acceptors (Lipinski definition) is 5. The summed E-state index contributed by atoms with van der Waals surface area (Å²) in [5.41, 5.74) is 6.06. The van der Waals surface area contributed by atoms with Crippen molar-refractivity contribution in [3.8, 4) is 11.5 Å². The molecule has 108 valence electrons. The summed E-state index contributed by atoms with van der Waals surface area (Å²) in [5, 5.41) is 31.8. The molecule has 5 heteroatoms. The molecule has 0 aliphatic carbocycles. The van der Waals surface area contributed by atoms with Gasteiger partial charge >= 0.3 is 0 Å². The van der Waals surface area contributed by atoms with Crippen LogP contribution in [0, 0.1) is 0 Å². The van der Waals surface area contributed by atoms with Gasteiger partial charge in [-0.1, -0.05) is 6.42 Å². The summed E-state index contributed by atoms with van der Waals surface area (Å²) in [6.07, 6.45) is 2.72.